The highest BCUT2D eigenvalue weighted by atomic mass is 16.5. The van der Waals surface area contributed by atoms with Crippen molar-refractivity contribution < 1.29 is 34.1 Å². The van der Waals surface area contributed by atoms with Crippen molar-refractivity contribution in [3.05, 3.63) is 11.6 Å². The smallest absolute Gasteiger partial charge is 0.302 e. The van der Waals surface area contributed by atoms with Gasteiger partial charge in [-0.3, -0.25) is 14.4 Å². The lowest BCUT2D eigenvalue weighted by Crippen LogP contribution is -2.75. The van der Waals surface area contributed by atoms with E-state index < -0.39 is 34.1 Å². The molecule has 0 aliphatic heterocycles. The lowest BCUT2D eigenvalue weighted by molar-refractivity contribution is -0.288. The van der Waals surface area contributed by atoms with Gasteiger partial charge in [0.05, 0.1) is 5.41 Å². The van der Waals surface area contributed by atoms with Crippen molar-refractivity contribution >= 4 is 17.7 Å². The molecular weight excluding hydrogens is 388 g/mol. The van der Waals surface area contributed by atoms with Gasteiger partial charge in [-0.25, -0.2) is 0 Å². The Morgan fingerprint density at radius 1 is 1.10 bits per heavy atom. The molecule has 7 heteroatoms. The summed E-state index contributed by atoms with van der Waals surface area (Å²) in [5.74, 6) is -1.35. The topological polar surface area (TPSA) is 110 Å². The molecule has 166 valence electrons. The number of hydrogen-bond acceptors (Lipinski definition) is 7. The van der Waals surface area contributed by atoms with E-state index in [2.05, 4.69) is 6.92 Å². The minimum absolute atomic E-state index is 0.154. The van der Waals surface area contributed by atoms with Gasteiger partial charge in [0.2, 0.25) is 0 Å². The second-order valence-electron chi connectivity index (χ2n) is 10.1. The van der Waals surface area contributed by atoms with Crippen molar-refractivity contribution in [3.63, 3.8) is 0 Å². The Morgan fingerprint density at radius 3 is 2.40 bits per heavy atom. The lowest BCUT2D eigenvalue weighted by atomic mass is 9.43. The number of carbonyl (C=O) groups is 3. The van der Waals surface area contributed by atoms with Gasteiger partial charge >= 0.3 is 11.9 Å². The molecule has 2 N–H and O–H groups in total. The van der Waals surface area contributed by atoms with Gasteiger partial charge in [0.1, 0.15) is 29.2 Å². The summed E-state index contributed by atoms with van der Waals surface area (Å²) in [5.41, 5.74) is -3.83. The van der Waals surface area contributed by atoms with Crippen molar-refractivity contribution in [2.24, 2.45) is 16.7 Å². The van der Waals surface area contributed by atoms with Crippen LogP contribution < -0.4 is 0 Å². The lowest BCUT2D eigenvalue weighted by Gasteiger charge is -2.65. The second-order valence-corrected chi connectivity index (χ2v) is 10.1. The van der Waals surface area contributed by atoms with E-state index in [4.69, 9.17) is 9.47 Å². The standard InChI is InChI=1S/C23H32O7/c1-13(24)29-16-6-8-20(3)15(11-16)5-9-22(27)17(20)12-19(30-14(2)25)21(4)18(26)7-10-23(21,22)28/h5,16-17,19,27-28H,6-12H2,1-4H3/t16-,17+,19+,20-,21-,22-,23+/m0/s1. The molecule has 7 atom stereocenters. The molecule has 0 heterocycles. The number of rotatable bonds is 2. The van der Waals surface area contributed by atoms with Gasteiger partial charge < -0.3 is 19.7 Å². The molecule has 0 radical (unpaired) electrons. The summed E-state index contributed by atoms with van der Waals surface area (Å²) < 4.78 is 11.1. The van der Waals surface area contributed by atoms with Gasteiger partial charge in [-0.2, -0.15) is 0 Å². The number of fused-ring (bicyclic) bond motifs is 5. The van der Waals surface area contributed by atoms with Crippen molar-refractivity contribution in [2.75, 3.05) is 0 Å². The van der Waals surface area contributed by atoms with Crippen LogP contribution in [0.5, 0.6) is 0 Å². The first-order valence-corrected chi connectivity index (χ1v) is 10.9. The highest BCUT2D eigenvalue weighted by Crippen LogP contribution is 2.67. The number of hydrogen-bond donors (Lipinski definition) is 2. The molecule has 4 aliphatic rings. The van der Waals surface area contributed by atoms with E-state index in [-0.39, 0.29) is 43.0 Å². The maximum absolute atomic E-state index is 12.9. The Morgan fingerprint density at radius 2 is 1.77 bits per heavy atom. The zero-order valence-corrected chi connectivity index (χ0v) is 18.2. The maximum atomic E-state index is 12.9. The van der Waals surface area contributed by atoms with Gasteiger partial charge in [-0.1, -0.05) is 18.6 Å². The largest absolute Gasteiger partial charge is 0.462 e. The first-order chi connectivity index (χ1) is 13.9. The summed E-state index contributed by atoms with van der Waals surface area (Å²) in [6, 6.07) is 0. The number of carbonyl (C=O) groups excluding carboxylic acids is 3. The number of esters is 2. The van der Waals surface area contributed by atoms with Crippen LogP contribution in [-0.4, -0.2) is 51.3 Å². The predicted octanol–water partition coefficient (Wildman–Crippen LogP) is 2.22. The Balaban J connectivity index is 1.77. The summed E-state index contributed by atoms with van der Waals surface area (Å²) in [6.45, 7) is 6.43. The van der Waals surface area contributed by atoms with E-state index in [1.54, 1.807) is 6.92 Å². The second kappa shape index (κ2) is 6.63. The molecule has 30 heavy (non-hydrogen) atoms. The minimum atomic E-state index is -1.67. The molecule has 3 saturated carbocycles. The fourth-order valence-electron chi connectivity index (χ4n) is 7.08. The average Bonchev–Trinajstić information content (AvgIpc) is 2.90. The van der Waals surface area contributed by atoms with Crippen molar-refractivity contribution in [3.8, 4) is 0 Å². The Hall–Kier alpha value is -1.73. The fourth-order valence-corrected chi connectivity index (χ4v) is 7.08. The molecule has 0 amide bonds. The summed E-state index contributed by atoms with van der Waals surface area (Å²) >= 11 is 0. The molecule has 7 nitrogen and oxygen atoms in total. The highest BCUT2D eigenvalue weighted by Gasteiger charge is 2.77. The Labute approximate surface area is 176 Å². The monoisotopic (exact) mass is 420 g/mol. The number of ketones is 1. The van der Waals surface area contributed by atoms with Crippen LogP contribution in [0.1, 0.15) is 72.6 Å². The molecule has 4 rings (SSSR count). The molecule has 3 fully saturated rings. The van der Waals surface area contributed by atoms with Gasteiger partial charge in [0.15, 0.2) is 0 Å². The number of Topliss-reactive ketones (excluding diaryl/α,β-unsaturated/α-hetero) is 1. The van der Waals surface area contributed by atoms with E-state index in [9.17, 15) is 24.6 Å². The van der Waals surface area contributed by atoms with Crippen LogP contribution in [0.25, 0.3) is 0 Å². The van der Waals surface area contributed by atoms with Gasteiger partial charge in [0.25, 0.3) is 0 Å². The van der Waals surface area contributed by atoms with E-state index in [0.717, 1.165) is 5.57 Å². The quantitative estimate of drug-likeness (QED) is 0.521. The normalized spacial score (nSPS) is 47.5. The van der Waals surface area contributed by atoms with E-state index in [1.807, 2.05) is 6.08 Å². The van der Waals surface area contributed by atoms with Gasteiger partial charge in [0, 0.05) is 32.6 Å². The van der Waals surface area contributed by atoms with Gasteiger partial charge in [-0.15, -0.1) is 0 Å². The van der Waals surface area contributed by atoms with Crippen molar-refractivity contribution in [1.82, 2.24) is 0 Å². The summed E-state index contributed by atoms with van der Waals surface area (Å²) in [6.07, 6.45) is 3.77. The van der Waals surface area contributed by atoms with E-state index in [1.165, 1.54) is 13.8 Å². The van der Waals surface area contributed by atoms with Crippen LogP contribution in [0.15, 0.2) is 11.6 Å². The summed E-state index contributed by atoms with van der Waals surface area (Å²) in [7, 11) is 0. The SMILES string of the molecule is CC(=O)O[C@H]1CC[C@@]2(C)C(=CC[C@]3(O)[C@@H]2C[C@@H](OC(C)=O)[C@]2(C)C(=O)CC[C@@]23O)C1. The molecule has 0 unspecified atom stereocenters. The maximum Gasteiger partial charge on any atom is 0.302 e. The third-order valence-electron chi connectivity index (χ3n) is 8.78. The molecular formula is C23H32O7. The number of ether oxygens (including phenoxy) is 2. The zero-order valence-electron chi connectivity index (χ0n) is 18.2. The molecule has 0 aromatic rings. The predicted molar refractivity (Wildman–Crippen MR) is 106 cm³/mol. The van der Waals surface area contributed by atoms with Crippen LogP contribution in [0, 0.1) is 16.7 Å². The van der Waals surface area contributed by atoms with Crippen LogP contribution >= 0.6 is 0 Å². The average molecular weight is 421 g/mol. The van der Waals surface area contributed by atoms with Crippen molar-refractivity contribution in [2.45, 2.75) is 96.1 Å². The third kappa shape index (κ3) is 2.60. The number of aliphatic hydroxyl groups is 2. The molecule has 0 aromatic carbocycles. The van der Waals surface area contributed by atoms with Crippen LogP contribution in [0.4, 0.5) is 0 Å². The molecule has 0 saturated heterocycles. The molecule has 4 aliphatic carbocycles. The van der Waals surface area contributed by atoms with Crippen LogP contribution in [-0.2, 0) is 23.9 Å². The van der Waals surface area contributed by atoms with Crippen molar-refractivity contribution in [1.29, 1.82) is 0 Å². The van der Waals surface area contributed by atoms with Gasteiger partial charge in [-0.05, 0) is 44.4 Å². The zero-order chi connectivity index (χ0) is 22.1. The first-order valence-electron chi connectivity index (χ1n) is 10.9. The first kappa shape index (κ1) is 21.5. The van der Waals surface area contributed by atoms with E-state index in [0.29, 0.717) is 25.7 Å². The van der Waals surface area contributed by atoms with Crippen LogP contribution in [0.3, 0.4) is 0 Å². The molecule has 0 spiro atoms. The Bertz CT molecular complexity index is 833. The van der Waals surface area contributed by atoms with E-state index >= 15 is 0 Å². The molecule has 0 aromatic heterocycles. The fraction of sp³-hybridized carbons (Fsp3) is 0.783. The summed E-state index contributed by atoms with van der Waals surface area (Å²) in [5, 5.41) is 23.9. The Kier molecular flexibility index (Phi) is 4.75. The minimum Gasteiger partial charge on any atom is -0.462 e. The molecule has 0 bridgehead atoms. The summed E-state index contributed by atoms with van der Waals surface area (Å²) in [4.78, 5) is 36.2. The highest BCUT2D eigenvalue weighted by molar-refractivity contribution is 5.90. The third-order valence-corrected chi connectivity index (χ3v) is 8.78. The van der Waals surface area contributed by atoms with Crippen LogP contribution in [0.2, 0.25) is 0 Å².